The molecule has 100 valence electrons. The summed E-state index contributed by atoms with van der Waals surface area (Å²) < 4.78 is 0. The number of aromatic nitrogens is 1. The van der Waals surface area contributed by atoms with E-state index in [9.17, 15) is 0 Å². The fourth-order valence-electron chi connectivity index (χ4n) is 2.50. The van der Waals surface area contributed by atoms with Crippen molar-refractivity contribution in [2.75, 3.05) is 5.32 Å². The minimum atomic E-state index is 0.407. The third-order valence-electron chi connectivity index (χ3n) is 3.51. The Hall–Kier alpha value is -2.35. The molecule has 1 aliphatic rings. The average molecular weight is 262 g/mol. The zero-order valence-electron chi connectivity index (χ0n) is 11.9. The molecular formula is C18H18N2. The summed E-state index contributed by atoms with van der Waals surface area (Å²) in [4.78, 5) is 4.53. The molecule has 2 heteroatoms. The number of nitrogens with zero attached hydrogens (tertiary/aromatic N) is 1. The van der Waals surface area contributed by atoms with Crippen molar-refractivity contribution < 1.29 is 0 Å². The highest BCUT2D eigenvalue weighted by Crippen LogP contribution is 2.32. The molecular weight excluding hydrogens is 244 g/mol. The molecule has 1 N–H and O–H groups in total. The van der Waals surface area contributed by atoms with Gasteiger partial charge in [0.1, 0.15) is 0 Å². The van der Waals surface area contributed by atoms with Crippen LogP contribution in [0, 0.1) is 0 Å². The molecule has 0 unspecified atom stereocenters. The maximum Gasteiger partial charge on any atom is 0.0507 e. The van der Waals surface area contributed by atoms with Gasteiger partial charge < -0.3 is 5.32 Å². The van der Waals surface area contributed by atoms with Gasteiger partial charge in [0.05, 0.1) is 5.69 Å². The Kier molecular flexibility index (Phi) is 3.15. The summed E-state index contributed by atoms with van der Waals surface area (Å²) in [5.41, 5.74) is 6.75. The molecule has 1 aliphatic heterocycles. The highest BCUT2D eigenvalue weighted by Gasteiger charge is 2.12. The van der Waals surface area contributed by atoms with E-state index in [2.05, 4.69) is 61.1 Å². The lowest BCUT2D eigenvalue weighted by molar-refractivity contribution is 0.826. The van der Waals surface area contributed by atoms with Crippen LogP contribution in [0.2, 0.25) is 0 Å². The molecule has 1 aromatic carbocycles. The lowest BCUT2D eigenvalue weighted by atomic mass is 9.95. The SMILES string of the molecule is C=C1C=Cc2ccc(-c3cccnc3C(C)C)cc2N1. The molecule has 3 rings (SSSR count). The number of anilines is 1. The van der Waals surface area contributed by atoms with Crippen LogP contribution in [0.4, 0.5) is 5.69 Å². The van der Waals surface area contributed by atoms with Crippen LogP contribution in [-0.2, 0) is 0 Å². The summed E-state index contributed by atoms with van der Waals surface area (Å²) in [6, 6.07) is 10.6. The van der Waals surface area contributed by atoms with Gasteiger partial charge in [-0.25, -0.2) is 0 Å². The van der Waals surface area contributed by atoms with E-state index in [-0.39, 0.29) is 0 Å². The van der Waals surface area contributed by atoms with Crippen molar-refractivity contribution in [1.29, 1.82) is 0 Å². The second kappa shape index (κ2) is 4.97. The number of benzene rings is 1. The molecule has 2 heterocycles. The Balaban J connectivity index is 2.10. The van der Waals surface area contributed by atoms with E-state index >= 15 is 0 Å². The van der Waals surface area contributed by atoms with Crippen LogP contribution >= 0.6 is 0 Å². The zero-order chi connectivity index (χ0) is 14.1. The van der Waals surface area contributed by atoms with Gasteiger partial charge in [0.15, 0.2) is 0 Å². The van der Waals surface area contributed by atoms with Gasteiger partial charge in [-0.3, -0.25) is 4.98 Å². The van der Waals surface area contributed by atoms with Gasteiger partial charge in [0.2, 0.25) is 0 Å². The van der Waals surface area contributed by atoms with Crippen molar-refractivity contribution >= 4 is 11.8 Å². The van der Waals surface area contributed by atoms with Gasteiger partial charge in [0.25, 0.3) is 0 Å². The van der Waals surface area contributed by atoms with Crippen LogP contribution in [0.1, 0.15) is 31.0 Å². The number of nitrogens with one attached hydrogen (secondary N) is 1. The van der Waals surface area contributed by atoms with Crippen molar-refractivity contribution in [3.8, 4) is 11.1 Å². The fraction of sp³-hybridized carbons (Fsp3) is 0.167. The van der Waals surface area contributed by atoms with Gasteiger partial charge in [-0.2, -0.15) is 0 Å². The largest absolute Gasteiger partial charge is 0.356 e. The molecule has 0 radical (unpaired) electrons. The van der Waals surface area contributed by atoms with E-state index in [4.69, 9.17) is 0 Å². The molecule has 0 amide bonds. The molecule has 0 atom stereocenters. The Bertz CT molecular complexity index is 696. The topological polar surface area (TPSA) is 24.9 Å². The summed E-state index contributed by atoms with van der Waals surface area (Å²) in [6.07, 6.45) is 5.94. The Morgan fingerprint density at radius 2 is 2.00 bits per heavy atom. The number of pyridine rings is 1. The van der Waals surface area contributed by atoms with E-state index < -0.39 is 0 Å². The normalized spacial score (nSPS) is 13.2. The standard InChI is InChI=1S/C18H18N2/c1-12(2)18-16(5-4-10-19-18)15-9-8-14-7-6-13(3)20-17(14)11-15/h4-12,20H,3H2,1-2H3. The molecule has 0 spiro atoms. The molecule has 0 saturated carbocycles. The van der Waals surface area contributed by atoms with Crippen molar-refractivity contribution in [3.05, 3.63) is 66.1 Å². The molecule has 0 saturated heterocycles. The molecule has 0 bridgehead atoms. The summed E-state index contributed by atoms with van der Waals surface area (Å²) in [7, 11) is 0. The summed E-state index contributed by atoms with van der Waals surface area (Å²) in [5, 5.41) is 3.32. The Morgan fingerprint density at radius 1 is 1.15 bits per heavy atom. The Labute approximate surface area is 119 Å². The second-order valence-corrected chi connectivity index (χ2v) is 5.38. The fourth-order valence-corrected chi connectivity index (χ4v) is 2.50. The summed E-state index contributed by atoms with van der Waals surface area (Å²) in [6.45, 7) is 8.30. The van der Waals surface area contributed by atoms with E-state index in [1.54, 1.807) is 0 Å². The second-order valence-electron chi connectivity index (χ2n) is 5.38. The van der Waals surface area contributed by atoms with Crippen LogP contribution in [-0.4, -0.2) is 4.98 Å². The van der Waals surface area contributed by atoms with Gasteiger partial charge >= 0.3 is 0 Å². The van der Waals surface area contributed by atoms with E-state index in [1.165, 1.54) is 16.7 Å². The number of hydrogen-bond acceptors (Lipinski definition) is 2. The zero-order valence-corrected chi connectivity index (χ0v) is 11.9. The minimum Gasteiger partial charge on any atom is -0.356 e. The summed E-state index contributed by atoms with van der Waals surface area (Å²) >= 11 is 0. The van der Waals surface area contributed by atoms with Gasteiger partial charge in [0, 0.05) is 23.1 Å². The van der Waals surface area contributed by atoms with Crippen molar-refractivity contribution in [3.63, 3.8) is 0 Å². The lowest BCUT2D eigenvalue weighted by Gasteiger charge is -2.17. The van der Waals surface area contributed by atoms with Gasteiger partial charge in [-0.1, -0.05) is 44.7 Å². The van der Waals surface area contributed by atoms with Crippen LogP contribution in [0.15, 0.2) is 54.9 Å². The number of fused-ring (bicyclic) bond motifs is 1. The minimum absolute atomic E-state index is 0.407. The maximum absolute atomic E-state index is 4.53. The van der Waals surface area contributed by atoms with Crippen molar-refractivity contribution in [1.82, 2.24) is 4.98 Å². The first-order chi connectivity index (χ1) is 9.65. The van der Waals surface area contributed by atoms with E-state index in [0.717, 1.165) is 17.1 Å². The molecule has 1 aromatic heterocycles. The molecule has 0 fully saturated rings. The van der Waals surface area contributed by atoms with E-state index in [1.807, 2.05) is 18.3 Å². The quantitative estimate of drug-likeness (QED) is 0.839. The van der Waals surface area contributed by atoms with Crippen LogP contribution in [0.25, 0.3) is 17.2 Å². The highest BCUT2D eigenvalue weighted by atomic mass is 14.9. The molecule has 20 heavy (non-hydrogen) atoms. The monoisotopic (exact) mass is 262 g/mol. The molecule has 0 aliphatic carbocycles. The summed E-state index contributed by atoms with van der Waals surface area (Å²) in [5.74, 6) is 0.407. The Morgan fingerprint density at radius 3 is 2.80 bits per heavy atom. The van der Waals surface area contributed by atoms with Crippen LogP contribution < -0.4 is 5.32 Å². The third-order valence-corrected chi connectivity index (χ3v) is 3.51. The number of hydrogen-bond donors (Lipinski definition) is 1. The van der Waals surface area contributed by atoms with Crippen LogP contribution in [0.3, 0.4) is 0 Å². The van der Waals surface area contributed by atoms with Gasteiger partial charge in [-0.15, -0.1) is 0 Å². The third kappa shape index (κ3) is 2.25. The average Bonchev–Trinajstić information content (AvgIpc) is 2.46. The van der Waals surface area contributed by atoms with Gasteiger partial charge in [-0.05, 0) is 35.3 Å². The number of rotatable bonds is 2. The van der Waals surface area contributed by atoms with Crippen molar-refractivity contribution in [2.45, 2.75) is 19.8 Å². The lowest BCUT2D eigenvalue weighted by Crippen LogP contribution is -2.02. The molecule has 2 nitrogen and oxygen atoms in total. The van der Waals surface area contributed by atoms with Crippen molar-refractivity contribution in [2.24, 2.45) is 0 Å². The number of allylic oxidation sites excluding steroid dienone is 1. The first kappa shape index (κ1) is 12.7. The predicted molar refractivity (Wildman–Crippen MR) is 85.6 cm³/mol. The predicted octanol–water partition coefficient (Wildman–Crippen LogP) is 4.82. The maximum atomic E-state index is 4.53. The first-order valence-corrected chi connectivity index (χ1v) is 6.88. The first-order valence-electron chi connectivity index (χ1n) is 6.88. The molecule has 2 aromatic rings. The van der Waals surface area contributed by atoms with E-state index in [0.29, 0.717) is 5.92 Å². The highest BCUT2D eigenvalue weighted by molar-refractivity contribution is 5.80. The smallest absolute Gasteiger partial charge is 0.0507 e. The van der Waals surface area contributed by atoms with Crippen LogP contribution in [0.5, 0.6) is 0 Å².